The summed E-state index contributed by atoms with van der Waals surface area (Å²) in [5.74, 6) is 0. The third-order valence-electron chi connectivity index (χ3n) is 1.79. The lowest BCUT2D eigenvalue weighted by molar-refractivity contribution is 0.948. The van der Waals surface area contributed by atoms with Crippen molar-refractivity contribution in [1.29, 1.82) is 0 Å². The molecule has 1 aromatic carbocycles. The van der Waals surface area contributed by atoms with Crippen molar-refractivity contribution in [3.63, 3.8) is 0 Å². The number of hydrogen-bond acceptors (Lipinski definition) is 1. The minimum atomic E-state index is 0.517. The summed E-state index contributed by atoms with van der Waals surface area (Å²) < 4.78 is 2.89. The van der Waals surface area contributed by atoms with Crippen molar-refractivity contribution >= 4 is 38.6 Å². The van der Waals surface area contributed by atoms with E-state index in [2.05, 4.69) is 20.9 Å². The van der Waals surface area contributed by atoms with Crippen molar-refractivity contribution in [2.75, 3.05) is 0 Å². The van der Waals surface area contributed by atoms with Crippen molar-refractivity contribution in [3.05, 3.63) is 28.0 Å². The van der Waals surface area contributed by atoms with Crippen LogP contribution < -0.4 is 0 Å². The number of imidazole rings is 1. The minimum absolute atomic E-state index is 0.517. The lowest BCUT2D eigenvalue weighted by Gasteiger charge is -1.94. The molecule has 0 spiro atoms. The van der Waals surface area contributed by atoms with Gasteiger partial charge in [-0.15, -0.1) is 0 Å². The van der Waals surface area contributed by atoms with Gasteiger partial charge in [0.05, 0.1) is 11.0 Å². The number of benzene rings is 1. The summed E-state index contributed by atoms with van der Waals surface area (Å²) >= 11 is 9.23. The predicted octanol–water partition coefficient (Wildman–Crippen LogP) is 2.99. The Morgan fingerprint density at radius 1 is 1.50 bits per heavy atom. The molecule has 0 aliphatic rings. The van der Waals surface area contributed by atoms with Crippen LogP contribution in [0.2, 0.25) is 5.28 Å². The summed E-state index contributed by atoms with van der Waals surface area (Å²) in [4.78, 5) is 4.16. The first kappa shape index (κ1) is 8.08. The molecule has 0 saturated carbocycles. The van der Waals surface area contributed by atoms with Gasteiger partial charge in [-0.05, 0) is 29.8 Å². The third kappa shape index (κ3) is 1.13. The molecule has 0 radical (unpaired) electrons. The van der Waals surface area contributed by atoms with Crippen LogP contribution in [0.15, 0.2) is 22.7 Å². The first-order valence-electron chi connectivity index (χ1n) is 3.46. The molecule has 62 valence electrons. The quantitative estimate of drug-likeness (QED) is 0.698. The molecule has 0 fully saturated rings. The van der Waals surface area contributed by atoms with Crippen LogP contribution in [-0.2, 0) is 7.05 Å². The van der Waals surface area contributed by atoms with Crippen LogP contribution in [0, 0.1) is 0 Å². The second kappa shape index (κ2) is 2.75. The molecule has 1 heterocycles. The number of aryl methyl sites for hydroxylation is 1. The van der Waals surface area contributed by atoms with Crippen LogP contribution in [-0.4, -0.2) is 9.55 Å². The number of halogens is 2. The van der Waals surface area contributed by atoms with E-state index in [-0.39, 0.29) is 0 Å². The van der Waals surface area contributed by atoms with Crippen LogP contribution in [0.5, 0.6) is 0 Å². The highest BCUT2D eigenvalue weighted by Crippen LogP contribution is 2.21. The molecule has 0 bridgehead atoms. The zero-order chi connectivity index (χ0) is 8.72. The van der Waals surface area contributed by atoms with Gasteiger partial charge in [-0.25, -0.2) is 4.98 Å². The van der Waals surface area contributed by atoms with Gasteiger partial charge in [-0.2, -0.15) is 0 Å². The van der Waals surface area contributed by atoms with Gasteiger partial charge in [0.2, 0.25) is 5.28 Å². The summed E-state index contributed by atoms with van der Waals surface area (Å²) in [5, 5.41) is 0.517. The molecule has 1 aromatic heterocycles. The van der Waals surface area contributed by atoms with Crippen LogP contribution in [0.25, 0.3) is 11.0 Å². The lowest BCUT2D eigenvalue weighted by atomic mass is 10.3. The van der Waals surface area contributed by atoms with E-state index in [0.717, 1.165) is 15.5 Å². The SMILES string of the molecule is Cn1c(Cl)nc2ccc(Br)cc21. The second-order valence-electron chi connectivity index (χ2n) is 2.57. The fourth-order valence-electron chi connectivity index (χ4n) is 1.13. The van der Waals surface area contributed by atoms with Gasteiger partial charge >= 0.3 is 0 Å². The molecule has 0 N–H and O–H groups in total. The Balaban J connectivity index is 2.88. The summed E-state index contributed by atoms with van der Waals surface area (Å²) in [6.07, 6.45) is 0. The zero-order valence-electron chi connectivity index (χ0n) is 6.38. The molecule has 4 heteroatoms. The highest BCUT2D eigenvalue weighted by atomic mass is 79.9. The van der Waals surface area contributed by atoms with Gasteiger partial charge in [-0.1, -0.05) is 15.9 Å². The van der Waals surface area contributed by atoms with Gasteiger partial charge in [-0.3, -0.25) is 0 Å². The molecule has 2 nitrogen and oxygen atoms in total. The van der Waals surface area contributed by atoms with Crippen molar-refractivity contribution in [2.45, 2.75) is 0 Å². The van der Waals surface area contributed by atoms with E-state index < -0.39 is 0 Å². The van der Waals surface area contributed by atoms with Crippen LogP contribution in [0.4, 0.5) is 0 Å². The summed E-state index contributed by atoms with van der Waals surface area (Å²) in [7, 11) is 1.89. The number of hydrogen-bond donors (Lipinski definition) is 0. The topological polar surface area (TPSA) is 17.8 Å². The Morgan fingerprint density at radius 2 is 2.25 bits per heavy atom. The first-order chi connectivity index (χ1) is 5.68. The van der Waals surface area contributed by atoms with Gasteiger partial charge in [0.1, 0.15) is 0 Å². The molecule has 2 rings (SSSR count). The number of fused-ring (bicyclic) bond motifs is 1. The molecule has 0 amide bonds. The summed E-state index contributed by atoms with van der Waals surface area (Å²) in [5.41, 5.74) is 1.96. The Kier molecular flexibility index (Phi) is 1.85. The third-order valence-corrected chi connectivity index (χ3v) is 2.62. The molecule has 12 heavy (non-hydrogen) atoms. The molecular formula is C8H6BrClN2. The van der Waals surface area contributed by atoms with Crippen molar-refractivity contribution in [3.8, 4) is 0 Å². The fraction of sp³-hybridized carbons (Fsp3) is 0.125. The van der Waals surface area contributed by atoms with Crippen molar-refractivity contribution in [1.82, 2.24) is 9.55 Å². The predicted molar refractivity (Wildman–Crippen MR) is 53.4 cm³/mol. The molecule has 0 unspecified atom stereocenters. The zero-order valence-corrected chi connectivity index (χ0v) is 8.72. The Labute approximate surface area is 83.3 Å². The molecule has 2 aromatic rings. The smallest absolute Gasteiger partial charge is 0.203 e. The van der Waals surface area contributed by atoms with Crippen molar-refractivity contribution in [2.24, 2.45) is 7.05 Å². The molecule has 0 saturated heterocycles. The fourth-order valence-corrected chi connectivity index (χ4v) is 1.66. The van der Waals surface area contributed by atoms with Gasteiger partial charge in [0.15, 0.2) is 0 Å². The number of nitrogens with zero attached hydrogens (tertiary/aromatic N) is 2. The molecular weight excluding hydrogens is 239 g/mol. The standard InChI is InChI=1S/C8H6BrClN2/c1-12-7-4-5(9)2-3-6(7)11-8(12)10/h2-4H,1H3. The highest BCUT2D eigenvalue weighted by molar-refractivity contribution is 9.10. The Morgan fingerprint density at radius 3 is 3.00 bits per heavy atom. The van der Waals surface area contributed by atoms with E-state index in [9.17, 15) is 0 Å². The van der Waals surface area contributed by atoms with Crippen LogP contribution in [0.1, 0.15) is 0 Å². The van der Waals surface area contributed by atoms with E-state index >= 15 is 0 Å². The minimum Gasteiger partial charge on any atom is -0.318 e. The second-order valence-corrected chi connectivity index (χ2v) is 3.83. The maximum absolute atomic E-state index is 5.84. The maximum Gasteiger partial charge on any atom is 0.203 e. The van der Waals surface area contributed by atoms with Gasteiger partial charge < -0.3 is 4.57 Å². The maximum atomic E-state index is 5.84. The summed E-state index contributed by atoms with van der Waals surface area (Å²) in [6.45, 7) is 0. The monoisotopic (exact) mass is 244 g/mol. The molecule has 0 aliphatic heterocycles. The lowest BCUT2D eigenvalue weighted by Crippen LogP contribution is -1.85. The van der Waals surface area contributed by atoms with Crippen molar-refractivity contribution < 1.29 is 0 Å². The van der Waals surface area contributed by atoms with Crippen LogP contribution in [0.3, 0.4) is 0 Å². The average Bonchev–Trinajstić information content (AvgIpc) is 2.31. The van der Waals surface area contributed by atoms with Crippen LogP contribution >= 0.6 is 27.5 Å². The molecule has 0 atom stereocenters. The Bertz CT molecular complexity index is 436. The Hall–Kier alpha value is -0.540. The van der Waals surface area contributed by atoms with E-state index in [1.54, 1.807) is 0 Å². The van der Waals surface area contributed by atoms with E-state index in [4.69, 9.17) is 11.6 Å². The highest BCUT2D eigenvalue weighted by Gasteiger charge is 2.04. The summed E-state index contributed by atoms with van der Waals surface area (Å²) in [6, 6.07) is 5.88. The first-order valence-corrected chi connectivity index (χ1v) is 4.63. The number of aromatic nitrogens is 2. The molecule has 0 aliphatic carbocycles. The van der Waals surface area contributed by atoms with E-state index in [1.165, 1.54) is 0 Å². The normalized spacial score (nSPS) is 10.9. The average molecular weight is 246 g/mol. The van der Waals surface area contributed by atoms with Gasteiger partial charge in [0.25, 0.3) is 0 Å². The van der Waals surface area contributed by atoms with E-state index in [0.29, 0.717) is 5.28 Å². The van der Waals surface area contributed by atoms with Gasteiger partial charge in [0, 0.05) is 11.5 Å². The van der Waals surface area contributed by atoms with E-state index in [1.807, 2.05) is 29.8 Å². The largest absolute Gasteiger partial charge is 0.318 e. The number of rotatable bonds is 0.